The van der Waals surface area contributed by atoms with Crippen LogP contribution in [0, 0.1) is 0 Å². The molecule has 0 aliphatic carbocycles. The fourth-order valence-electron chi connectivity index (χ4n) is 3.11. The minimum atomic E-state index is -3.34. The van der Waals surface area contributed by atoms with Crippen molar-refractivity contribution in [3.63, 3.8) is 0 Å². The van der Waals surface area contributed by atoms with Crippen molar-refractivity contribution in [1.29, 1.82) is 0 Å². The second-order valence-electron chi connectivity index (χ2n) is 6.30. The minimum Gasteiger partial charge on any atom is -0.348 e. The smallest absolute Gasteiger partial charge is 0.251 e. The van der Waals surface area contributed by atoms with Crippen LogP contribution in [0.3, 0.4) is 0 Å². The van der Waals surface area contributed by atoms with Crippen molar-refractivity contribution in [2.75, 3.05) is 17.1 Å². The Labute approximate surface area is 159 Å². The highest BCUT2D eigenvalue weighted by Crippen LogP contribution is 2.20. The molecule has 140 valence electrons. The molecular formula is C21H22N2O3S. The Morgan fingerprint density at radius 1 is 0.963 bits per heavy atom. The quantitative estimate of drug-likeness (QED) is 0.709. The predicted octanol–water partition coefficient (Wildman–Crippen LogP) is 3.56. The first-order chi connectivity index (χ1) is 12.9. The fraction of sp³-hybridized carbons (Fsp3) is 0.190. The Balaban J connectivity index is 1.73. The zero-order chi connectivity index (χ0) is 19.4. The zero-order valence-electron chi connectivity index (χ0n) is 15.3. The molecule has 0 spiro atoms. The molecule has 0 unspecified atom stereocenters. The van der Waals surface area contributed by atoms with E-state index in [1.165, 1.54) is 10.6 Å². The van der Waals surface area contributed by atoms with Gasteiger partial charge in [0.25, 0.3) is 5.91 Å². The highest BCUT2D eigenvalue weighted by atomic mass is 32.2. The Morgan fingerprint density at radius 2 is 1.63 bits per heavy atom. The third-order valence-electron chi connectivity index (χ3n) is 4.42. The van der Waals surface area contributed by atoms with Gasteiger partial charge >= 0.3 is 0 Å². The number of hydrogen-bond acceptors (Lipinski definition) is 3. The van der Waals surface area contributed by atoms with Gasteiger partial charge in [-0.2, -0.15) is 0 Å². The van der Waals surface area contributed by atoms with Crippen molar-refractivity contribution >= 4 is 32.4 Å². The van der Waals surface area contributed by atoms with Crippen molar-refractivity contribution in [3.05, 3.63) is 77.9 Å². The average Bonchev–Trinajstić information content (AvgIpc) is 2.66. The third-order valence-corrected chi connectivity index (χ3v) is 5.69. The number of sulfonamides is 1. The molecule has 0 aliphatic rings. The van der Waals surface area contributed by atoms with Gasteiger partial charge in [0.2, 0.25) is 10.0 Å². The van der Waals surface area contributed by atoms with Crippen LogP contribution < -0.4 is 9.62 Å². The number of amides is 1. The molecule has 1 amide bonds. The molecular weight excluding hydrogens is 360 g/mol. The van der Waals surface area contributed by atoms with E-state index >= 15 is 0 Å². The lowest BCUT2D eigenvalue weighted by Crippen LogP contribution is -2.29. The van der Waals surface area contributed by atoms with E-state index in [2.05, 4.69) is 5.32 Å². The van der Waals surface area contributed by atoms with Gasteiger partial charge in [-0.15, -0.1) is 0 Å². The van der Waals surface area contributed by atoms with Crippen molar-refractivity contribution in [3.8, 4) is 0 Å². The third kappa shape index (κ3) is 4.28. The second-order valence-corrected chi connectivity index (χ2v) is 8.20. The van der Waals surface area contributed by atoms with Gasteiger partial charge in [0.15, 0.2) is 0 Å². The minimum absolute atomic E-state index is 0.197. The van der Waals surface area contributed by atoms with E-state index in [-0.39, 0.29) is 5.91 Å². The average molecular weight is 382 g/mol. The Bertz CT molecular complexity index is 1050. The summed E-state index contributed by atoms with van der Waals surface area (Å²) in [5.74, 6) is -0.197. The lowest BCUT2D eigenvalue weighted by molar-refractivity contribution is 0.0951. The number of nitrogens with one attached hydrogen (secondary N) is 1. The molecule has 0 bridgehead atoms. The molecule has 0 aliphatic heterocycles. The summed E-state index contributed by atoms with van der Waals surface area (Å²) in [7, 11) is -3.34. The summed E-state index contributed by atoms with van der Waals surface area (Å²) in [6, 6.07) is 20.6. The number of anilines is 1. The standard InChI is InChI=1S/C21H22N2O3S/c1-3-23(27(2,25)26)19-13-11-17(12-14-19)21(24)22-15-18-9-6-8-16-7-4-5-10-20(16)18/h4-14H,3,15H2,1-2H3,(H,22,24). The Kier molecular flexibility index (Phi) is 5.46. The molecule has 6 heteroatoms. The van der Waals surface area contributed by atoms with E-state index < -0.39 is 10.0 Å². The van der Waals surface area contributed by atoms with Crippen molar-refractivity contribution in [1.82, 2.24) is 5.32 Å². The monoisotopic (exact) mass is 382 g/mol. The first kappa shape index (κ1) is 18.9. The lowest BCUT2D eigenvalue weighted by atomic mass is 10.0. The molecule has 0 aromatic heterocycles. The largest absolute Gasteiger partial charge is 0.348 e. The Morgan fingerprint density at radius 3 is 2.30 bits per heavy atom. The first-order valence-corrected chi connectivity index (χ1v) is 10.6. The van der Waals surface area contributed by atoms with Gasteiger partial charge in [0, 0.05) is 18.7 Å². The normalized spacial score (nSPS) is 11.3. The van der Waals surface area contributed by atoms with Crippen LogP contribution in [-0.2, 0) is 16.6 Å². The van der Waals surface area contributed by atoms with Gasteiger partial charge in [-0.3, -0.25) is 9.10 Å². The van der Waals surface area contributed by atoms with Gasteiger partial charge in [0.05, 0.1) is 11.9 Å². The van der Waals surface area contributed by atoms with Crippen LogP contribution in [0.25, 0.3) is 10.8 Å². The molecule has 0 saturated heterocycles. The first-order valence-electron chi connectivity index (χ1n) is 8.73. The SMILES string of the molecule is CCN(c1ccc(C(=O)NCc2cccc3ccccc23)cc1)S(C)(=O)=O. The Hall–Kier alpha value is -2.86. The van der Waals surface area contributed by atoms with Crippen molar-refractivity contribution in [2.24, 2.45) is 0 Å². The van der Waals surface area contributed by atoms with E-state index in [0.717, 1.165) is 16.3 Å². The number of carbonyl (C=O) groups excluding carboxylic acids is 1. The maximum absolute atomic E-state index is 12.5. The van der Waals surface area contributed by atoms with Gasteiger partial charge in [-0.25, -0.2) is 8.42 Å². The molecule has 0 heterocycles. The zero-order valence-corrected chi connectivity index (χ0v) is 16.2. The fourth-order valence-corrected chi connectivity index (χ4v) is 4.09. The number of fused-ring (bicyclic) bond motifs is 1. The number of benzene rings is 3. The van der Waals surface area contributed by atoms with Crippen LogP contribution in [-0.4, -0.2) is 27.1 Å². The highest BCUT2D eigenvalue weighted by Gasteiger charge is 2.15. The molecule has 27 heavy (non-hydrogen) atoms. The molecule has 0 atom stereocenters. The van der Waals surface area contributed by atoms with E-state index in [1.807, 2.05) is 42.5 Å². The van der Waals surface area contributed by atoms with Crippen LogP contribution in [0.1, 0.15) is 22.8 Å². The van der Waals surface area contributed by atoms with Gasteiger partial charge in [0.1, 0.15) is 0 Å². The van der Waals surface area contributed by atoms with Crippen LogP contribution in [0.2, 0.25) is 0 Å². The van der Waals surface area contributed by atoms with Crippen LogP contribution in [0.15, 0.2) is 66.7 Å². The van der Waals surface area contributed by atoms with Crippen molar-refractivity contribution in [2.45, 2.75) is 13.5 Å². The van der Waals surface area contributed by atoms with Crippen LogP contribution in [0.4, 0.5) is 5.69 Å². The highest BCUT2D eigenvalue weighted by molar-refractivity contribution is 7.92. The molecule has 3 aromatic rings. The topological polar surface area (TPSA) is 66.5 Å². The van der Waals surface area contributed by atoms with Gasteiger partial charge in [-0.05, 0) is 47.5 Å². The number of rotatable bonds is 6. The summed E-state index contributed by atoms with van der Waals surface area (Å²) < 4.78 is 24.9. The maximum atomic E-state index is 12.5. The number of hydrogen-bond donors (Lipinski definition) is 1. The molecule has 1 N–H and O–H groups in total. The predicted molar refractivity (Wildman–Crippen MR) is 109 cm³/mol. The molecule has 3 rings (SSSR count). The van der Waals surface area contributed by atoms with Crippen LogP contribution in [0.5, 0.6) is 0 Å². The summed E-state index contributed by atoms with van der Waals surface area (Å²) in [6.07, 6.45) is 1.17. The summed E-state index contributed by atoms with van der Waals surface area (Å²) in [5, 5.41) is 5.18. The van der Waals surface area contributed by atoms with E-state index in [0.29, 0.717) is 24.3 Å². The van der Waals surface area contributed by atoms with E-state index in [9.17, 15) is 13.2 Å². The number of nitrogens with zero attached hydrogens (tertiary/aromatic N) is 1. The van der Waals surface area contributed by atoms with Gasteiger partial charge < -0.3 is 5.32 Å². The summed E-state index contributed by atoms with van der Waals surface area (Å²) >= 11 is 0. The summed E-state index contributed by atoms with van der Waals surface area (Å²) in [6.45, 7) is 2.53. The number of carbonyl (C=O) groups is 1. The second kappa shape index (κ2) is 7.80. The lowest BCUT2D eigenvalue weighted by Gasteiger charge is -2.20. The molecule has 3 aromatic carbocycles. The van der Waals surface area contributed by atoms with Crippen LogP contribution >= 0.6 is 0 Å². The van der Waals surface area contributed by atoms with Gasteiger partial charge in [-0.1, -0.05) is 42.5 Å². The van der Waals surface area contributed by atoms with Crippen molar-refractivity contribution < 1.29 is 13.2 Å². The molecule has 0 radical (unpaired) electrons. The molecule has 0 saturated carbocycles. The molecule has 5 nitrogen and oxygen atoms in total. The van der Waals surface area contributed by atoms with E-state index in [4.69, 9.17) is 0 Å². The summed E-state index contributed by atoms with van der Waals surface area (Å²) in [5.41, 5.74) is 2.08. The maximum Gasteiger partial charge on any atom is 0.251 e. The summed E-state index contributed by atoms with van der Waals surface area (Å²) in [4.78, 5) is 12.5. The molecule has 0 fully saturated rings. The van der Waals surface area contributed by atoms with E-state index in [1.54, 1.807) is 31.2 Å².